The highest BCUT2D eigenvalue weighted by atomic mass is 16.2. The number of aromatic nitrogens is 3. The first kappa shape index (κ1) is 12.6. The Bertz CT molecular complexity index is 456. The molecule has 19 heavy (non-hydrogen) atoms. The van der Waals surface area contributed by atoms with E-state index in [0.717, 1.165) is 19.6 Å². The molecule has 2 atom stereocenters. The van der Waals surface area contributed by atoms with Crippen LogP contribution in [0.3, 0.4) is 0 Å². The van der Waals surface area contributed by atoms with Gasteiger partial charge >= 0.3 is 0 Å². The second-order valence-corrected chi connectivity index (χ2v) is 6.09. The van der Waals surface area contributed by atoms with E-state index in [2.05, 4.69) is 34.1 Å². The highest BCUT2D eigenvalue weighted by Gasteiger charge is 2.50. The molecule has 3 heterocycles. The lowest BCUT2D eigenvalue weighted by molar-refractivity contribution is -0.135. The quantitative estimate of drug-likeness (QED) is 0.841. The smallest absolute Gasteiger partial charge is 0.224 e. The number of fused-ring (bicyclic) bond motifs is 1. The standard InChI is InChI=1S/C13H21N5O/c1-13(2)11-6-14-5-10(11)7-18(13)12(19)3-4-17-9-15-8-16-17/h8-11,14H,3-7H2,1-2H3. The highest BCUT2D eigenvalue weighted by molar-refractivity contribution is 5.77. The van der Waals surface area contributed by atoms with Crippen molar-refractivity contribution in [3.05, 3.63) is 12.7 Å². The molecular weight excluding hydrogens is 242 g/mol. The average molecular weight is 263 g/mol. The zero-order valence-corrected chi connectivity index (χ0v) is 11.5. The van der Waals surface area contributed by atoms with Gasteiger partial charge in [0.1, 0.15) is 12.7 Å². The fourth-order valence-corrected chi connectivity index (χ4v) is 3.54. The van der Waals surface area contributed by atoms with Crippen LogP contribution in [0.1, 0.15) is 20.3 Å². The van der Waals surface area contributed by atoms with Gasteiger partial charge in [-0.3, -0.25) is 9.48 Å². The number of carbonyl (C=O) groups is 1. The molecule has 1 aromatic rings. The van der Waals surface area contributed by atoms with Crippen LogP contribution < -0.4 is 5.32 Å². The van der Waals surface area contributed by atoms with E-state index in [1.165, 1.54) is 6.33 Å². The number of aryl methyl sites for hydroxylation is 1. The second-order valence-electron chi connectivity index (χ2n) is 6.09. The van der Waals surface area contributed by atoms with Gasteiger partial charge in [-0.15, -0.1) is 0 Å². The van der Waals surface area contributed by atoms with Crippen molar-refractivity contribution in [1.82, 2.24) is 25.0 Å². The molecule has 1 amide bonds. The van der Waals surface area contributed by atoms with Gasteiger partial charge in [0.15, 0.2) is 0 Å². The van der Waals surface area contributed by atoms with Crippen molar-refractivity contribution < 1.29 is 4.79 Å². The number of hydrogen-bond donors (Lipinski definition) is 1. The predicted molar refractivity (Wildman–Crippen MR) is 70.3 cm³/mol. The number of amides is 1. The van der Waals surface area contributed by atoms with E-state index in [0.29, 0.717) is 24.8 Å². The first-order chi connectivity index (χ1) is 9.09. The summed E-state index contributed by atoms with van der Waals surface area (Å²) in [4.78, 5) is 18.4. The minimum absolute atomic E-state index is 0.0341. The van der Waals surface area contributed by atoms with Gasteiger partial charge in [-0.25, -0.2) is 4.98 Å². The number of nitrogens with one attached hydrogen (secondary N) is 1. The molecule has 2 fully saturated rings. The fourth-order valence-electron chi connectivity index (χ4n) is 3.54. The summed E-state index contributed by atoms with van der Waals surface area (Å²) in [6, 6.07) is 0. The van der Waals surface area contributed by atoms with Crippen molar-refractivity contribution in [1.29, 1.82) is 0 Å². The maximum Gasteiger partial charge on any atom is 0.224 e. The van der Waals surface area contributed by atoms with Crippen LogP contribution >= 0.6 is 0 Å². The minimum Gasteiger partial charge on any atom is -0.337 e. The molecule has 0 aromatic carbocycles. The largest absolute Gasteiger partial charge is 0.337 e. The molecule has 0 saturated carbocycles. The maximum absolute atomic E-state index is 12.4. The Morgan fingerprint density at radius 2 is 2.32 bits per heavy atom. The third-order valence-electron chi connectivity index (χ3n) is 4.68. The second kappa shape index (κ2) is 4.59. The predicted octanol–water partition coefficient (Wildman–Crippen LogP) is 0.125. The number of rotatable bonds is 3. The molecule has 0 aliphatic carbocycles. The van der Waals surface area contributed by atoms with E-state index in [9.17, 15) is 4.79 Å². The van der Waals surface area contributed by atoms with Crippen LogP contribution in [0.4, 0.5) is 0 Å². The number of likely N-dealkylation sites (tertiary alicyclic amines) is 1. The van der Waals surface area contributed by atoms with Crippen LogP contribution in [0.2, 0.25) is 0 Å². The van der Waals surface area contributed by atoms with Gasteiger partial charge in [-0.2, -0.15) is 5.10 Å². The van der Waals surface area contributed by atoms with Gasteiger partial charge in [0, 0.05) is 31.6 Å². The monoisotopic (exact) mass is 263 g/mol. The fraction of sp³-hybridized carbons (Fsp3) is 0.769. The van der Waals surface area contributed by atoms with E-state index >= 15 is 0 Å². The summed E-state index contributed by atoms with van der Waals surface area (Å²) < 4.78 is 1.71. The Morgan fingerprint density at radius 3 is 3.00 bits per heavy atom. The Hall–Kier alpha value is -1.43. The van der Waals surface area contributed by atoms with Crippen LogP contribution in [-0.2, 0) is 11.3 Å². The summed E-state index contributed by atoms with van der Waals surface area (Å²) in [6.07, 6.45) is 3.65. The molecule has 6 nitrogen and oxygen atoms in total. The first-order valence-corrected chi connectivity index (χ1v) is 6.92. The van der Waals surface area contributed by atoms with Crippen molar-refractivity contribution in [3.63, 3.8) is 0 Å². The Labute approximate surface area is 113 Å². The summed E-state index contributed by atoms with van der Waals surface area (Å²) >= 11 is 0. The Balaban J connectivity index is 1.64. The molecule has 0 bridgehead atoms. The SMILES string of the molecule is CC1(C)C2CNCC2CN1C(=O)CCn1cncn1. The zero-order chi connectivity index (χ0) is 13.5. The minimum atomic E-state index is -0.0341. The first-order valence-electron chi connectivity index (χ1n) is 6.92. The molecule has 1 N–H and O–H groups in total. The van der Waals surface area contributed by atoms with E-state index in [1.54, 1.807) is 11.0 Å². The van der Waals surface area contributed by atoms with E-state index < -0.39 is 0 Å². The molecule has 0 spiro atoms. The van der Waals surface area contributed by atoms with Gasteiger partial charge in [0.2, 0.25) is 5.91 Å². The van der Waals surface area contributed by atoms with Crippen molar-refractivity contribution in [3.8, 4) is 0 Å². The van der Waals surface area contributed by atoms with Gasteiger partial charge in [-0.1, -0.05) is 0 Å². The Kier molecular flexibility index (Phi) is 3.05. The van der Waals surface area contributed by atoms with Crippen LogP contribution in [0.15, 0.2) is 12.7 Å². The number of nitrogens with zero attached hydrogens (tertiary/aromatic N) is 4. The molecular formula is C13H21N5O. The van der Waals surface area contributed by atoms with Gasteiger partial charge in [0.05, 0.1) is 6.54 Å². The van der Waals surface area contributed by atoms with Crippen molar-refractivity contribution >= 4 is 5.91 Å². The molecule has 2 aliphatic rings. The average Bonchev–Trinajstić information content (AvgIpc) is 3.06. The third kappa shape index (κ3) is 2.14. The van der Waals surface area contributed by atoms with Crippen LogP contribution in [0.25, 0.3) is 0 Å². The number of carbonyl (C=O) groups excluding carboxylic acids is 1. The Morgan fingerprint density at radius 1 is 1.47 bits per heavy atom. The molecule has 3 rings (SSSR count). The van der Waals surface area contributed by atoms with Crippen LogP contribution in [0, 0.1) is 11.8 Å². The lowest BCUT2D eigenvalue weighted by Crippen LogP contribution is -2.47. The van der Waals surface area contributed by atoms with E-state index in [-0.39, 0.29) is 11.4 Å². The van der Waals surface area contributed by atoms with Crippen molar-refractivity contribution in [2.24, 2.45) is 11.8 Å². The van der Waals surface area contributed by atoms with Gasteiger partial charge in [-0.05, 0) is 25.7 Å². The summed E-state index contributed by atoms with van der Waals surface area (Å²) in [6.45, 7) is 7.96. The molecule has 2 saturated heterocycles. The summed E-state index contributed by atoms with van der Waals surface area (Å²) in [7, 11) is 0. The summed E-state index contributed by atoms with van der Waals surface area (Å²) in [5.74, 6) is 1.43. The molecule has 104 valence electrons. The summed E-state index contributed by atoms with van der Waals surface area (Å²) in [5.41, 5.74) is -0.0341. The number of hydrogen-bond acceptors (Lipinski definition) is 4. The lowest BCUT2D eigenvalue weighted by atomic mass is 9.85. The van der Waals surface area contributed by atoms with Gasteiger partial charge in [0.25, 0.3) is 0 Å². The molecule has 1 aromatic heterocycles. The third-order valence-corrected chi connectivity index (χ3v) is 4.68. The summed E-state index contributed by atoms with van der Waals surface area (Å²) in [5, 5.41) is 7.47. The normalized spacial score (nSPS) is 28.6. The molecule has 2 unspecified atom stereocenters. The van der Waals surface area contributed by atoms with E-state index in [1.807, 2.05) is 0 Å². The molecule has 6 heteroatoms. The lowest BCUT2D eigenvalue weighted by Gasteiger charge is -2.35. The highest BCUT2D eigenvalue weighted by Crippen LogP contribution is 2.40. The van der Waals surface area contributed by atoms with Crippen LogP contribution in [-0.4, -0.2) is 50.7 Å². The molecule has 0 radical (unpaired) electrons. The van der Waals surface area contributed by atoms with Gasteiger partial charge < -0.3 is 10.2 Å². The van der Waals surface area contributed by atoms with Crippen molar-refractivity contribution in [2.45, 2.75) is 32.4 Å². The zero-order valence-electron chi connectivity index (χ0n) is 11.5. The van der Waals surface area contributed by atoms with Crippen molar-refractivity contribution in [2.75, 3.05) is 19.6 Å². The van der Waals surface area contributed by atoms with Crippen LogP contribution in [0.5, 0.6) is 0 Å². The van der Waals surface area contributed by atoms with E-state index in [4.69, 9.17) is 0 Å². The molecule has 2 aliphatic heterocycles. The topological polar surface area (TPSA) is 63.1 Å². The maximum atomic E-state index is 12.4.